The molecule has 1 aromatic carbocycles. The van der Waals surface area contributed by atoms with Crippen LogP contribution in [-0.4, -0.2) is 39.0 Å². The molecule has 0 unspecified atom stereocenters. The molecule has 0 aliphatic carbocycles. The van der Waals surface area contributed by atoms with Crippen molar-refractivity contribution in [3.8, 4) is 0 Å². The first-order chi connectivity index (χ1) is 12.5. The monoisotopic (exact) mass is 356 g/mol. The summed E-state index contributed by atoms with van der Waals surface area (Å²) in [6.07, 6.45) is 1.66. The molecule has 2 heterocycles. The van der Waals surface area contributed by atoms with Gasteiger partial charge in [0.1, 0.15) is 0 Å². The standard InChI is InChI=1S/C17H20N6O3/c1-11-4-6-12(7-5-11)10-18-21-16-19-14-13(23(16)8-9-26-3)15(24)20-17(25)22(14)2/h4-7,10H,8-9H2,1-3H3,(H,19,21)(H,20,24,25). The van der Waals surface area contributed by atoms with Crippen molar-refractivity contribution < 1.29 is 4.74 Å². The molecule has 2 N–H and O–H groups in total. The SMILES string of the molecule is COCCn1c(NN=Cc2ccc(C)cc2)nc2c1c(=O)[nH]c(=O)n2C. The number of hydrogen-bond acceptors (Lipinski definition) is 6. The van der Waals surface area contributed by atoms with Gasteiger partial charge in [-0.25, -0.2) is 10.2 Å². The number of nitrogens with one attached hydrogen (secondary N) is 2. The number of rotatable bonds is 6. The molecule has 3 rings (SSSR count). The van der Waals surface area contributed by atoms with Crippen LogP contribution in [0, 0.1) is 6.92 Å². The number of imidazole rings is 1. The van der Waals surface area contributed by atoms with Gasteiger partial charge in [-0.15, -0.1) is 0 Å². The lowest BCUT2D eigenvalue weighted by Crippen LogP contribution is -2.29. The molecule has 136 valence electrons. The minimum Gasteiger partial charge on any atom is -0.383 e. The third kappa shape index (κ3) is 3.42. The van der Waals surface area contributed by atoms with E-state index in [0.29, 0.717) is 19.1 Å². The maximum absolute atomic E-state index is 12.2. The molecule has 26 heavy (non-hydrogen) atoms. The number of aromatic nitrogens is 4. The first kappa shape index (κ1) is 17.6. The first-order valence-electron chi connectivity index (χ1n) is 8.05. The Bertz CT molecular complexity index is 1060. The fourth-order valence-corrected chi connectivity index (χ4v) is 2.54. The van der Waals surface area contributed by atoms with Crippen molar-refractivity contribution in [1.29, 1.82) is 0 Å². The number of hydrogen-bond donors (Lipinski definition) is 2. The maximum Gasteiger partial charge on any atom is 0.329 e. The van der Waals surface area contributed by atoms with Crippen LogP contribution in [0.4, 0.5) is 5.95 Å². The second-order valence-electron chi connectivity index (χ2n) is 5.85. The highest BCUT2D eigenvalue weighted by Gasteiger charge is 2.16. The second kappa shape index (κ2) is 7.36. The first-order valence-corrected chi connectivity index (χ1v) is 8.05. The Morgan fingerprint density at radius 2 is 2.04 bits per heavy atom. The van der Waals surface area contributed by atoms with Crippen molar-refractivity contribution >= 4 is 23.3 Å². The molecule has 0 saturated heterocycles. The minimum absolute atomic E-state index is 0.280. The Balaban J connectivity index is 1.99. The van der Waals surface area contributed by atoms with Gasteiger partial charge in [0.15, 0.2) is 11.2 Å². The number of aromatic amines is 1. The summed E-state index contributed by atoms with van der Waals surface area (Å²) in [6.45, 7) is 2.78. The van der Waals surface area contributed by atoms with Gasteiger partial charge >= 0.3 is 5.69 Å². The zero-order valence-corrected chi connectivity index (χ0v) is 14.8. The van der Waals surface area contributed by atoms with Crippen molar-refractivity contribution in [2.24, 2.45) is 12.1 Å². The predicted octanol–water partition coefficient (Wildman–Crippen LogP) is 0.824. The summed E-state index contributed by atoms with van der Waals surface area (Å²) in [5, 5.41) is 4.19. The smallest absolute Gasteiger partial charge is 0.329 e. The fourth-order valence-electron chi connectivity index (χ4n) is 2.54. The zero-order chi connectivity index (χ0) is 18.7. The molecule has 9 heteroatoms. The Labute approximate surface area is 148 Å². The molecular weight excluding hydrogens is 336 g/mol. The third-order valence-electron chi connectivity index (χ3n) is 3.98. The minimum atomic E-state index is -0.520. The van der Waals surface area contributed by atoms with Crippen molar-refractivity contribution in [3.05, 3.63) is 56.2 Å². The van der Waals surface area contributed by atoms with Gasteiger partial charge in [-0.1, -0.05) is 29.8 Å². The zero-order valence-electron chi connectivity index (χ0n) is 14.8. The topological polar surface area (TPSA) is 106 Å². The molecule has 0 saturated carbocycles. The van der Waals surface area contributed by atoms with E-state index in [1.54, 1.807) is 24.9 Å². The van der Waals surface area contributed by atoms with Crippen molar-refractivity contribution in [2.45, 2.75) is 13.5 Å². The van der Waals surface area contributed by atoms with E-state index in [9.17, 15) is 9.59 Å². The number of benzene rings is 1. The number of nitrogens with zero attached hydrogens (tertiary/aromatic N) is 4. The van der Waals surface area contributed by atoms with Crippen LogP contribution in [0.5, 0.6) is 0 Å². The molecule has 0 amide bonds. The molecule has 0 spiro atoms. The highest BCUT2D eigenvalue weighted by atomic mass is 16.5. The van der Waals surface area contributed by atoms with E-state index in [1.165, 1.54) is 4.57 Å². The van der Waals surface area contributed by atoms with Gasteiger partial charge < -0.3 is 9.30 Å². The number of anilines is 1. The summed E-state index contributed by atoms with van der Waals surface area (Å²) in [6, 6.07) is 7.88. The number of fused-ring (bicyclic) bond motifs is 1. The van der Waals surface area contributed by atoms with Gasteiger partial charge in [0.2, 0.25) is 5.95 Å². The number of hydrazone groups is 1. The normalized spacial score (nSPS) is 11.5. The lowest BCUT2D eigenvalue weighted by molar-refractivity contribution is 0.188. The lowest BCUT2D eigenvalue weighted by Gasteiger charge is -2.07. The van der Waals surface area contributed by atoms with Gasteiger partial charge in [0.25, 0.3) is 5.56 Å². The molecule has 0 fully saturated rings. The van der Waals surface area contributed by atoms with Gasteiger partial charge in [0, 0.05) is 20.7 Å². The molecule has 0 atom stereocenters. The predicted molar refractivity (Wildman–Crippen MR) is 99.9 cm³/mol. The Morgan fingerprint density at radius 3 is 2.73 bits per heavy atom. The van der Waals surface area contributed by atoms with Crippen molar-refractivity contribution in [3.63, 3.8) is 0 Å². The third-order valence-corrected chi connectivity index (χ3v) is 3.98. The largest absolute Gasteiger partial charge is 0.383 e. The fraction of sp³-hybridized carbons (Fsp3) is 0.294. The molecule has 0 bridgehead atoms. The van der Waals surface area contributed by atoms with Gasteiger partial charge in [0.05, 0.1) is 12.8 Å². The van der Waals surface area contributed by atoms with Crippen LogP contribution < -0.4 is 16.7 Å². The van der Waals surface area contributed by atoms with E-state index in [2.05, 4.69) is 20.5 Å². The molecule has 2 aromatic heterocycles. The molecule has 3 aromatic rings. The molecule has 9 nitrogen and oxygen atoms in total. The van der Waals surface area contributed by atoms with E-state index in [0.717, 1.165) is 11.1 Å². The van der Waals surface area contributed by atoms with Crippen molar-refractivity contribution in [1.82, 2.24) is 19.1 Å². The Morgan fingerprint density at radius 1 is 1.31 bits per heavy atom. The average Bonchev–Trinajstić information content (AvgIpc) is 2.99. The van der Waals surface area contributed by atoms with Crippen molar-refractivity contribution in [2.75, 3.05) is 19.1 Å². The van der Waals surface area contributed by atoms with Crippen LogP contribution in [0.15, 0.2) is 39.0 Å². The van der Waals surface area contributed by atoms with Crippen LogP contribution >= 0.6 is 0 Å². The number of aryl methyl sites for hydroxylation is 2. The summed E-state index contributed by atoms with van der Waals surface area (Å²) in [4.78, 5) is 30.7. The van der Waals surface area contributed by atoms with E-state index in [1.807, 2.05) is 31.2 Å². The summed E-state index contributed by atoms with van der Waals surface area (Å²) < 4.78 is 8.03. The van der Waals surface area contributed by atoms with E-state index < -0.39 is 11.2 Å². The number of ether oxygens (including phenoxy) is 1. The van der Waals surface area contributed by atoms with Crippen LogP contribution in [0.1, 0.15) is 11.1 Å². The highest BCUT2D eigenvalue weighted by Crippen LogP contribution is 2.15. The molecule has 0 aliphatic heterocycles. The Hall–Kier alpha value is -3.20. The van der Waals surface area contributed by atoms with Gasteiger partial charge in [-0.05, 0) is 12.5 Å². The van der Waals surface area contributed by atoms with Crippen LogP contribution in [0.25, 0.3) is 11.2 Å². The summed E-state index contributed by atoms with van der Waals surface area (Å²) in [5.41, 5.74) is 4.49. The van der Waals surface area contributed by atoms with E-state index in [4.69, 9.17) is 4.74 Å². The van der Waals surface area contributed by atoms with E-state index >= 15 is 0 Å². The molecular formula is C17H20N6O3. The Kier molecular flexibility index (Phi) is 4.99. The number of methoxy groups -OCH3 is 1. The quantitative estimate of drug-likeness (QED) is 0.502. The van der Waals surface area contributed by atoms with Crippen LogP contribution in [-0.2, 0) is 18.3 Å². The maximum atomic E-state index is 12.2. The van der Waals surface area contributed by atoms with Gasteiger partial charge in [-0.2, -0.15) is 10.1 Å². The van der Waals surface area contributed by atoms with Crippen LogP contribution in [0.3, 0.4) is 0 Å². The van der Waals surface area contributed by atoms with E-state index in [-0.39, 0.29) is 11.2 Å². The summed E-state index contributed by atoms with van der Waals surface area (Å²) in [5.74, 6) is 0.354. The number of H-pyrrole nitrogens is 1. The molecule has 0 radical (unpaired) electrons. The van der Waals surface area contributed by atoms with Crippen LogP contribution in [0.2, 0.25) is 0 Å². The average molecular weight is 356 g/mol. The summed E-state index contributed by atoms with van der Waals surface area (Å²) in [7, 11) is 3.12. The molecule has 0 aliphatic rings. The summed E-state index contributed by atoms with van der Waals surface area (Å²) >= 11 is 0. The highest BCUT2D eigenvalue weighted by molar-refractivity contribution is 5.80. The second-order valence-corrected chi connectivity index (χ2v) is 5.85. The lowest BCUT2D eigenvalue weighted by atomic mass is 10.2. The van der Waals surface area contributed by atoms with Gasteiger partial charge in [-0.3, -0.25) is 14.3 Å².